The summed E-state index contributed by atoms with van der Waals surface area (Å²) in [7, 11) is 0. The van der Waals surface area contributed by atoms with Crippen LogP contribution in [0.4, 0.5) is 4.39 Å². The average molecular weight is 348 g/mol. The summed E-state index contributed by atoms with van der Waals surface area (Å²) in [5.41, 5.74) is 1.53. The molecule has 3 atom stereocenters. The van der Waals surface area contributed by atoms with Crippen LogP contribution in [-0.2, 0) is 0 Å². The van der Waals surface area contributed by atoms with Crippen molar-refractivity contribution >= 4 is 34.7 Å². The summed E-state index contributed by atoms with van der Waals surface area (Å²) >= 11 is 6.06. The molecule has 24 heavy (non-hydrogen) atoms. The lowest BCUT2D eigenvalue weighted by Crippen LogP contribution is -2.45. The fourth-order valence-corrected chi connectivity index (χ4v) is 3.81. The fourth-order valence-electron chi connectivity index (χ4n) is 3.65. The van der Waals surface area contributed by atoms with Gasteiger partial charge in [0.05, 0.1) is 5.02 Å². The number of aliphatic imine (C=N–C) groups is 2. The molecule has 0 spiro atoms. The molecule has 2 aliphatic heterocycles. The third kappa shape index (κ3) is 2.63. The number of alkyl halides is 1. The molecular weight excluding hydrogens is 329 g/mol. The Morgan fingerprint density at radius 2 is 2.33 bits per heavy atom. The van der Waals surface area contributed by atoms with Crippen LogP contribution in [0.5, 0.6) is 0 Å². The molecule has 0 aliphatic carbocycles. The second kappa shape index (κ2) is 6.26. The number of nitrogens with zero attached hydrogens (tertiary/aromatic N) is 4. The lowest BCUT2D eigenvalue weighted by molar-refractivity contribution is 0.132. The summed E-state index contributed by atoms with van der Waals surface area (Å²) in [5.74, 6) is 0.533. The number of aromatic nitrogens is 2. The van der Waals surface area contributed by atoms with E-state index in [1.165, 1.54) is 6.21 Å². The van der Waals surface area contributed by atoms with E-state index in [-0.39, 0.29) is 0 Å². The second-order valence-electron chi connectivity index (χ2n) is 6.28. The van der Waals surface area contributed by atoms with Crippen LogP contribution in [0.2, 0.25) is 5.02 Å². The van der Waals surface area contributed by atoms with E-state index in [1.807, 2.05) is 6.07 Å². The van der Waals surface area contributed by atoms with Gasteiger partial charge in [0, 0.05) is 42.1 Å². The van der Waals surface area contributed by atoms with Crippen molar-refractivity contribution in [2.24, 2.45) is 9.98 Å². The van der Waals surface area contributed by atoms with Gasteiger partial charge in [0.1, 0.15) is 11.8 Å². The average Bonchev–Trinajstić information content (AvgIpc) is 3.21. The topological polar surface area (TPSA) is 56.6 Å². The first-order valence-electron chi connectivity index (χ1n) is 8.32. The van der Waals surface area contributed by atoms with Crippen molar-refractivity contribution in [2.75, 3.05) is 6.54 Å². The summed E-state index contributed by atoms with van der Waals surface area (Å²) in [6, 6.07) is 2.22. The predicted molar refractivity (Wildman–Crippen MR) is 94.8 cm³/mol. The summed E-state index contributed by atoms with van der Waals surface area (Å²) in [4.78, 5) is 18.4. The Kier molecular flexibility index (Phi) is 4.10. The Morgan fingerprint density at radius 1 is 1.46 bits per heavy atom. The van der Waals surface area contributed by atoms with Crippen molar-refractivity contribution in [1.29, 1.82) is 0 Å². The minimum Gasteiger partial charge on any atom is -0.345 e. The molecular formula is C17H19ClFN5. The zero-order chi connectivity index (χ0) is 16.7. The van der Waals surface area contributed by atoms with Gasteiger partial charge in [-0.2, -0.15) is 0 Å². The molecule has 2 aromatic rings. The van der Waals surface area contributed by atoms with Gasteiger partial charge in [0.25, 0.3) is 0 Å². The number of pyridine rings is 1. The van der Waals surface area contributed by atoms with Crippen LogP contribution in [0.15, 0.2) is 28.4 Å². The summed E-state index contributed by atoms with van der Waals surface area (Å²) < 4.78 is 14.5. The van der Waals surface area contributed by atoms with Gasteiger partial charge in [0.2, 0.25) is 0 Å². The Labute approximate surface area is 144 Å². The molecule has 0 saturated carbocycles. The first-order chi connectivity index (χ1) is 11.7. The zero-order valence-corrected chi connectivity index (χ0v) is 14.2. The van der Waals surface area contributed by atoms with Crippen LogP contribution in [-0.4, -0.2) is 51.8 Å². The molecule has 4 heterocycles. The maximum absolute atomic E-state index is 14.5. The van der Waals surface area contributed by atoms with Gasteiger partial charge < -0.3 is 4.98 Å². The van der Waals surface area contributed by atoms with E-state index in [0.717, 1.165) is 42.4 Å². The molecule has 0 bridgehead atoms. The third-order valence-corrected chi connectivity index (χ3v) is 5.06. The van der Waals surface area contributed by atoms with Crippen LogP contribution in [0, 0.1) is 0 Å². The zero-order valence-electron chi connectivity index (χ0n) is 13.4. The minimum absolute atomic E-state index is 0.392. The Morgan fingerprint density at radius 3 is 3.17 bits per heavy atom. The third-order valence-electron chi connectivity index (χ3n) is 4.85. The maximum Gasteiger partial charge on any atom is 0.171 e. The van der Waals surface area contributed by atoms with E-state index in [4.69, 9.17) is 11.6 Å². The van der Waals surface area contributed by atoms with Crippen molar-refractivity contribution in [2.45, 2.75) is 44.6 Å². The van der Waals surface area contributed by atoms with E-state index in [9.17, 15) is 4.39 Å². The fraction of sp³-hybridized carbons (Fsp3) is 0.471. The highest BCUT2D eigenvalue weighted by Crippen LogP contribution is 2.28. The standard InChI is InChI=1S/C17H19ClFN5/c1-2-11-4-3-5-24(11)17-14(19)9-22-16(23-17)13-8-21-15-12(13)6-10(18)7-20-15/h6-9,11,14,17H,2-5H2,1H3,(H,20,21)/t11-,14?,17?/m0/s1. The molecule has 2 unspecified atom stereocenters. The van der Waals surface area contributed by atoms with Gasteiger partial charge in [-0.3, -0.25) is 4.90 Å². The Balaban J connectivity index is 1.73. The van der Waals surface area contributed by atoms with Crippen LogP contribution in [0.1, 0.15) is 31.7 Å². The minimum atomic E-state index is -1.17. The number of hydrogen-bond acceptors (Lipinski definition) is 4. The number of nitrogens with one attached hydrogen (secondary N) is 1. The number of halogens is 2. The summed E-state index contributed by atoms with van der Waals surface area (Å²) in [6.07, 6.45) is 6.31. The van der Waals surface area contributed by atoms with E-state index in [2.05, 4.69) is 31.8 Å². The number of amidine groups is 1. The summed E-state index contributed by atoms with van der Waals surface area (Å²) in [5, 5.41) is 1.40. The SMILES string of the molecule is CC[C@H]1CCCN1C1N=C(c2c[nH]c3ncc(Cl)cc23)N=CC1F. The lowest BCUT2D eigenvalue weighted by Gasteiger charge is -2.32. The number of rotatable bonds is 3. The first-order valence-corrected chi connectivity index (χ1v) is 8.70. The van der Waals surface area contributed by atoms with Crippen molar-refractivity contribution in [1.82, 2.24) is 14.9 Å². The molecule has 2 aromatic heterocycles. The highest BCUT2D eigenvalue weighted by Gasteiger charge is 2.36. The monoisotopic (exact) mass is 347 g/mol. The van der Waals surface area contributed by atoms with Crippen LogP contribution in [0.25, 0.3) is 11.0 Å². The largest absolute Gasteiger partial charge is 0.345 e. The number of fused-ring (bicyclic) bond motifs is 1. The first kappa shape index (κ1) is 15.7. The van der Waals surface area contributed by atoms with E-state index >= 15 is 0 Å². The molecule has 126 valence electrons. The molecule has 0 radical (unpaired) electrons. The van der Waals surface area contributed by atoms with E-state index in [1.54, 1.807) is 12.4 Å². The molecule has 0 aromatic carbocycles. The van der Waals surface area contributed by atoms with Crippen molar-refractivity contribution < 1.29 is 4.39 Å². The van der Waals surface area contributed by atoms with Crippen LogP contribution in [0.3, 0.4) is 0 Å². The number of H-pyrrole nitrogens is 1. The van der Waals surface area contributed by atoms with Crippen LogP contribution >= 0.6 is 11.6 Å². The van der Waals surface area contributed by atoms with Gasteiger partial charge in [0.15, 0.2) is 12.0 Å². The van der Waals surface area contributed by atoms with Gasteiger partial charge in [-0.1, -0.05) is 18.5 Å². The molecule has 2 aliphatic rings. The Bertz CT molecular complexity index is 814. The van der Waals surface area contributed by atoms with Gasteiger partial charge >= 0.3 is 0 Å². The lowest BCUT2D eigenvalue weighted by atomic mass is 10.1. The maximum atomic E-state index is 14.5. The van der Waals surface area contributed by atoms with Crippen LogP contribution < -0.4 is 0 Å². The second-order valence-corrected chi connectivity index (χ2v) is 6.72. The normalized spacial score (nSPS) is 27.8. The molecule has 1 N–H and O–H groups in total. The molecule has 5 nitrogen and oxygen atoms in total. The smallest absolute Gasteiger partial charge is 0.171 e. The van der Waals surface area contributed by atoms with Gasteiger partial charge in [-0.25, -0.2) is 19.4 Å². The number of hydrogen-bond donors (Lipinski definition) is 1. The quantitative estimate of drug-likeness (QED) is 0.922. The van der Waals surface area contributed by atoms with Crippen molar-refractivity contribution in [3.63, 3.8) is 0 Å². The molecule has 7 heteroatoms. The van der Waals surface area contributed by atoms with Crippen molar-refractivity contribution in [3.05, 3.63) is 29.0 Å². The van der Waals surface area contributed by atoms with Gasteiger partial charge in [-0.15, -0.1) is 0 Å². The molecule has 1 saturated heterocycles. The molecule has 0 amide bonds. The molecule has 1 fully saturated rings. The molecule has 4 rings (SSSR count). The highest BCUT2D eigenvalue weighted by molar-refractivity contribution is 6.31. The van der Waals surface area contributed by atoms with E-state index < -0.39 is 12.3 Å². The highest BCUT2D eigenvalue weighted by atomic mass is 35.5. The number of likely N-dealkylation sites (tertiary alicyclic amines) is 1. The summed E-state index contributed by atoms with van der Waals surface area (Å²) in [6.45, 7) is 3.03. The number of aromatic amines is 1. The van der Waals surface area contributed by atoms with Gasteiger partial charge in [-0.05, 0) is 25.3 Å². The van der Waals surface area contributed by atoms with Crippen molar-refractivity contribution in [3.8, 4) is 0 Å². The van der Waals surface area contributed by atoms with E-state index in [0.29, 0.717) is 16.9 Å². The Hall–Kier alpha value is -1.79. The predicted octanol–water partition coefficient (Wildman–Crippen LogP) is 3.59.